The van der Waals surface area contributed by atoms with Gasteiger partial charge in [0.05, 0.1) is 0 Å². The zero-order chi connectivity index (χ0) is 8.41. The Bertz CT molecular complexity index is 43.5. The predicted molar refractivity (Wildman–Crippen MR) is 54.5 cm³/mol. The van der Waals surface area contributed by atoms with Gasteiger partial charge < -0.3 is 0 Å². The van der Waals surface area contributed by atoms with E-state index in [1.165, 1.54) is 25.7 Å². The molecule has 0 heterocycles. The Hall–Kier alpha value is 1.67. The molecule has 0 aromatic carbocycles. The van der Waals surface area contributed by atoms with Crippen LogP contribution in [0.4, 0.5) is 0 Å². The van der Waals surface area contributed by atoms with Gasteiger partial charge in [0.1, 0.15) is 0 Å². The molecule has 4 heteroatoms. The minimum atomic E-state index is -2.22. The summed E-state index contributed by atoms with van der Waals surface area (Å²) in [5.41, 5.74) is 0. The summed E-state index contributed by atoms with van der Waals surface area (Å²) >= 11 is -2.22. The van der Waals surface area contributed by atoms with Gasteiger partial charge in [-0.3, -0.25) is 0 Å². The standard InChI is InChI=1S/C6H14.3ClH.Sn.H/c1-3-5-6-4-2;;;;;/h3-6H2,1-2H3;3*1H;;/q;;;;+3;/p-3. The number of halogens is 3. The Morgan fingerprint density at radius 1 is 0.900 bits per heavy atom. The number of rotatable bonds is 3. The normalized spacial score (nSPS) is 9.00. The van der Waals surface area contributed by atoms with E-state index in [-0.39, 0.29) is 0 Å². The van der Waals surface area contributed by atoms with Crippen LogP contribution in [0.2, 0.25) is 0 Å². The third-order valence-electron chi connectivity index (χ3n) is 0.957. The maximum atomic E-state index is 5.02. The molecule has 0 saturated heterocycles. The number of hydrogen-bond acceptors (Lipinski definition) is 0. The summed E-state index contributed by atoms with van der Waals surface area (Å²) in [5.74, 6) is 0. The Balaban J connectivity index is 0. The van der Waals surface area contributed by atoms with Crippen molar-refractivity contribution < 1.29 is 0 Å². The molecule has 0 rings (SSSR count). The van der Waals surface area contributed by atoms with Gasteiger partial charge in [-0.05, 0) is 0 Å². The fourth-order valence-corrected chi connectivity index (χ4v) is 0.500. The van der Waals surface area contributed by atoms with Crippen molar-refractivity contribution in [2.24, 2.45) is 0 Å². The van der Waals surface area contributed by atoms with Gasteiger partial charge in [0, 0.05) is 0 Å². The number of hydrogen-bond donors (Lipinski definition) is 0. The molecule has 0 aliphatic heterocycles. The average Bonchev–Trinajstić information content (AvgIpc) is 1.82. The molecule has 0 amide bonds. The minimum absolute atomic E-state index is 1.36. The van der Waals surface area contributed by atoms with Gasteiger partial charge in [0.15, 0.2) is 0 Å². The van der Waals surface area contributed by atoms with Crippen molar-refractivity contribution in [2.75, 3.05) is 0 Å². The van der Waals surface area contributed by atoms with Crippen LogP contribution in [0.15, 0.2) is 0 Å². The molecule has 0 atom stereocenters. The number of unbranched alkanes of at least 4 members (excludes halogenated alkanes) is 3. The molecule has 0 N–H and O–H groups in total. The first-order valence-electron chi connectivity index (χ1n) is 3.57. The summed E-state index contributed by atoms with van der Waals surface area (Å²) in [5, 5.41) is 0. The molecule has 0 nitrogen and oxygen atoms in total. The first-order chi connectivity index (χ1) is 4.65. The van der Waals surface area contributed by atoms with Gasteiger partial charge in [0.25, 0.3) is 0 Å². The van der Waals surface area contributed by atoms with Crippen LogP contribution in [0.3, 0.4) is 0 Å². The summed E-state index contributed by atoms with van der Waals surface area (Å²) in [4.78, 5) is 0. The topological polar surface area (TPSA) is 0 Å². The summed E-state index contributed by atoms with van der Waals surface area (Å²) in [6.07, 6.45) is 5.54. The Labute approximate surface area is 82.1 Å². The second kappa shape index (κ2) is 13.3. The van der Waals surface area contributed by atoms with Crippen LogP contribution < -0.4 is 0 Å². The molecule has 0 aliphatic rings. The van der Waals surface area contributed by atoms with Gasteiger partial charge in [-0.2, -0.15) is 0 Å². The molecule has 0 saturated carbocycles. The van der Waals surface area contributed by atoms with Crippen LogP contribution in [0.25, 0.3) is 0 Å². The second-order valence-corrected chi connectivity index (χ2v) is 16.6. The molecule has 0 fully saturated rings. The van der Waals surface area contributed by atoms with E-state index in [2.05, 4.69) is 13.8 Å². The third-order valence-corrected chi connectivity index (χ3v) is 0.957. The molecule has 10 heavy (non-hydrogen) atoms. The van der Waals surface area contributed by atoms with E-state index in [0.717, 1.165) is 0 Å². The first kappa shape index (κ1) is 14.2. The summed E-state index contributed by atoms with van der Waals surface area (Å²) in [6, 6.07) is 0. The average molecular weight is 312 g/mol. The zero-order valence-corrected chi connectivity index (χ0v) is 12.1. The molecule has 0 radical (unpaired) electrons. The molecular formula is C6H15Cl3Sn. The summed E-state index contributed by atoms with van der Waals surface area (Å²) in [7, 11) is 15.0. The SMILES string of the molecule is CCCCCC.[Cl][SnH]([Cl])[Cl]. The van der Waals surface area contributed by atoms with E-state index in [1.807, 2.05) is 0 Å². The second-order valence-electron chi connectivity index (χ2n) is 1.95. The van der Waals surface area contributed by atoms with Crippen molar-refractivity contribution in [3.05, 3.63) is 0 Å². The van der Waals surface area contributed by atoms with Gasteiger partial charge in [-0.25, -0.2) is 0 Å². The van der Waals surface area contributed by atoms with Crippen molar-refractivity contribution >= 4 is 43.1 Å². The van der Waals surface area contributed by atoms with Gasteiger partial charge >= 0.3 is 43.1 Å². The predicted octanol–water partition coefficient (Wildman–Crippen LogP) is 4.01. The monoisotopic (exact) mass is 312 g/mol. The molecule has 0 spiro atoms. The van der Waals surface area contributed by atoms with E-state index >= 15 is 0 Å². The van der Waals surface area contributed by atoms with E-state index < -0.39 is 16.4 Å². The molecule has 64 valence electrons. The summed E-state index contributed by atoms with van der Waals surface area (Å²) in [6.45, 7) is 4.46. The molecular weight excluding hydrogens is 297 g/mol. The van der Waals surface area contributed by atoms with Gasteiger partial charge in [-0.1, -0.05) is 39.5 Å². The van der Waals surface area contributed by atoms with E-state index in [0.29, 0.717) is 0 Å². The van der Waals surface area contributed by atoms with Crippen molar-refractivity contribution in [2.45, 2.75) is 39.5 Å². The van der Waals surface area contributed by atoms with E-state index in [9.17, 15) is 0 Å². The fraction of sp³-hybridized carbons (Fsp3) is 1.00. The molecule has 0 bridgehead atoms. The third kappa shape index (κ3) is 33.3. The van der Waals surface area contributed by atoms with Crippen molar-refractivity contribution in [1.29, 1.82) is 0 Å². The summed E-state index contributed by atoms with van der Waals surface area (Å²) < 4.78 is 0. The fourth-order valence-electron chi connectivity index (χ4n) is 0.500. The van der Waals surface area contributed by atoms with Crippen LogP contribution in [-0.4, -0.2) is 16.4 Å². The van der Waals surface area contributed by atoms with E-state index in [1.54, 1.807) is 0 Å². The van der Waals surface area contributed by atoms with Crippen molar-refractivity contribution in [3.8, 4) is 0 Å². The molecule has 0 aliphatic carbocycles. The Morgan fingerprint density at radius 3 is 1.20 bits per heavy atom. The zero-order valence-electron chi connectivity index (χ0n) is 6.54. The first-order valence-corrected chi connectivity index (χ1v) is 16.1. The quantitative estimate of drug-likeness (QED) is 0.546. The van der Waals surface area contributed by atoms with Crippen LogP contribution in [0.5, 0.6) is 0 Å². The maximum absolute atomic E-state index is 5.02. The van der Waals surface area contributed by atoms with Gasteiger partial charge in [-0.15, -0.1) is 0 Å². The van der Waals surface area contributed by atoms with Crippen molar-refractivity contribution in [1.82, 2.24) is 0 Å². The van der Waals surface area contributed by atoms with Crippen molar-refractivity contribution in [3.63, 3.8) is 0 Å². The molecule has 0 unspecified atom stereocenters. The Kier molecular flexibility index (Phi) is 18.9. The molecule has 0 aromatic heterocycles. The van der Waals surface area contributed by atoms with Gasteiger partial charge in [0.2, 0.25) is 0 Å². The van der Waals surface area contributed by atoms with E-state index in [4.69, 9.17) is 26.8 Å². The molecule has 0 aromatic rings. The van der Waals surface area contributed by atoms with Crippen LogP contribution in [0, 0.1) is 0 Å². The van der Waals surface area contributed by atoms with Crippen LogP contribution in [0.1, 0.15) is 39.5 Å². The van der Waals surface area contributed by atoms with Crippen LogP contribution in [-0.2, 0) is 0 Å². The van der Waals surface area contributed by atoms with Crippen LogP contribution >= 0.6 is 26.8 Å². The Morgan fingerprint density at radius 2 is 1.10 bits per heavy atom.